The maximum absolute atomic E-state index is 12.0. The molecular formula is C13H14ClNO4S. The van der Waals surface area contributed by atoms with Crippen LogP contribution in [0.1, 0.15) is 35.4 Å². The second-order valence-electron chi connectivity index (χ2n) is 4.61. The number of nitrogens with zero attached hydrogens (tertiary/aromatic N) is 1. The zero-order valence-electron chi connectivity index (χ0n) is 10.7. The molecule has 1 atom stereocenters. The predicted molar refractivity (Wildman–Crippen MR) is 75.3 cm³/mol. The summed E-state index contributed by atoms with van der Waals surface area (Å²) in [5, 5.41) is 9.02. The maximum Gasteiger partial charge on any atom is 0.326 e. The number of halogens is 1. The van der Waals surface area contributed by atoms with Crippen LogP contribution in [-0.4, -0.2) is 40.3 Å². The van der Waals surface area contributed by atoms with E-state index in [0.29, 0.717) is 28.6 Å². The molecule has 0 spiro atoms. The highest BCUT2D eigenvalue weighted by Crippen LogP contribution is 2.24. The minimum absolute atomic E-state index is 0.0398. The minimum Gasteiger partial charge on any atom is -0.480 e. The quantitative estimate of drug-likeness (QED) is 0.847. The molecule has 108 valence electrons. The lowest BCUT2D eigenvalue weighted by atomic mass is 10.1. The van der Waals surface area contributed by atoms with Crippen LogP contribution >= 0.6 is 22.9 Å². The molecule has 1 aromatic rings. The van der Waals surface area contributed by atoms with E-state index in [1.807, 2.05) is 0 Å². The van der Waals surface area contributed by atoms with Crippen LogP contribution in [0.4, 0.5) is 0 Å². The van der Waals surface area contributed by atoms with Gasteiger partial charge in [-0.05, 0) is 25.0 Å². The summed E-state index contributed by atoms with van der Waals surface area (Å²) >= 11 is 6.93. The number of likely N-dealkylation sites (tertiary alicyclic amines) is 1. The van der Waals surface area contributed by atoms with Gasteiger partial charge in [0, 0.05) is 19.4 Å². The molecule has 1 aliphatic rings. The molecule has 2 rings (SSSR count). The van der Waals surface area contributed by atoms with Crippen LogP contribution in [0, 0.1) is 0 Å². The summed E-state index contributed by atoms with van der Waals surface area (Å²) < 4.78 is 0.533. The molecule has 5 nitrogen and oxygen atoms in total. The third-order valence-corrected chi connectivity index (χ3v) is 4.54. The SMILES string of the molecule is O=C(CCC(=O)N1CCC[C@H]1C(=O)O)c1ccc(Cl)s1. The molecule has 1 aromatic heterocycles. The van der Waals surface area contributed by atoms with E-state index in [9.17, 15) is 14.4 Å². The van der Waals surface area contributed by atoms with Crippen molar-refractivity contribution in [2.45, 2.75) is 31.7 Å². The summed E-state index contributed by atoms with van der Waals surface area (Å²) in [5.41, 5.74) is 0. The van der Waals surface area contributed by atoms with Crippen molar-refractivity contribution >= 4 is 40.6 Å². The monoisotopic (exact) mass is 315 g/mol. The Bertz CT molecular complexity index is 542. The first-order valence-electron chi connectivity index (χ1n) is 6.30. The Balaban J connectivity index is 1.89. The van der Waals surface area contributed by atoms with E-state index in [2.05, 4.69) is 0 Å². The van der Waals surface area contributed by atoms with Gasteiger partial charge in [0.1, 0.15) is 6.04 Å². The number of ketones is 1. The Labute approximate surface area is 125 Å². The standard InChI is InChI=1S/C13H14ClNO4S/c14-11-5-4-10(20-11)9(16)3-6-12(17)15-7-1-2-8(15)13(18)19/h4-5,8H,1-3,6-7H2,(H,18,19)/t8-/m0/s1. The Morgan fingerprint density at radius 1 is 1.35 bits per heavy atom. The van der Waals surface area contributed by atoms with Gasteiger partial charge < -0.3 is 10.0 Å². The van der Waals surface area contributed by atoms with E-state index in [0.717, 1.165) is 0 Å². The van der Waals surface area contributed by atoms with Crippen molar-refractivity contribution in [1.82, 2.24) is 4.90 Å². The Hall–Kier alpha value is -1.40. The van der Waals surface area contributed by atoms with Crippen LogP contribution in [0.3, 0.4) is 0 Å². The van der Waals surface area contributed by atoms with E-state index >= 15 is 0 Å². The average Bonchev–Trinajstić information content (AvgIpc) is 3.03. The van der Waals surface area contributed by atoms with Gasteiger partial charge in [-0.1, -0.05) is 11.6 Å². The van der Waals surface area contributed by atoms with Gasteiger partial charge in [-0.3, -0.25) is 9.59 Å². The fourth-order valence-electron chi connectivity index (χ4n) is 2.27. The molecule has 1 amide bonds. The van der Waals surface area contributed by atoms with Gasteiger partial charge in [-0.15, -0.1) is 11.3 Å². The summed E-state index contributed by atoms with van der Waals surface area (Å²) in [6.45, 7) is 0.453. The Morgan fingerprint density at radius 3 is 2.70 bits per heavy atom. The van der Waals surface area contributed by atoms with Crippen LogP contribution in [0.15, 0.2) is 12.1 Å². The van der Waals surface area contributed by atoms with Crippen LogP contribution in [0.25, 0.3) is 0 Å². The molecule has 0 bridgehead atoms. The third-order valence-electron chi connectivity index (χ3n) is 3.27. The second kappa shape index (κ2) is 6.37. The van der Waals surface area contributed by atoms with Gasteiger partial charge in [-0.2, -0.15) is 0 Å². The average molecular weight is 316 g/mol. The first kappa shape index (κ1) is 15.0. The highest BCUT2D eigenvalue weighted by Gasteiger charge is 2.33. The summed E-state index contributed by atoms with van der Waals surface area (Å²) in [6.07, 6.45) is 1.30. The van der Waals surface area contributed by atoms with Gasteiger partial charge in [0.15, 0.2) is 5.78 Å². The van der Waals surface area contributed by atoms with Crippen molar-refractivity contribution in [1.29, 1.82) is 0 Å². The normalized spacial score (nSPS) is 18.2. The molecule has 0 radical (unpaired) electrons. The minimum atomic E-state index is -0.979. The highest BCUT2D eigenvalue weighted by atomic mass is 35.5. The van der Waals surface area contributed by atoms with Crippen LogP contribution in [0.2, 0.25) is 4.34 Å². The van der Waals surface area contributed by atoms with Crippen LogP contribution in [0.5, 0.6) is 0 Å². The number of hydrogen-bond acceptors (Lipinski definition) is 4. The van der Waals surface area contributed by atoms with Gasteiger partial charge in [0.2, 0.25) is 5.91 Å². The summed E-state index contributed by atoms with van der Waals surface area (Å²) in [5.74, 6) is -1.39. The number of carboxylic acid groups (broad SMARTS) is 1. The third kappa shape index (κ3) is 3.37. The van der Waals surface area contributed by atoms with Crippen molar-refractivity contribution in [2.75, 3.05) is 6.54 Å². The second-order valence-corrected chi connectivity index (χ2v) is 6.33. The molecule has 0 aromatic carbocycles. The summed E-state index contributed by atoms with van der Waals surface area (Å²) in [4.78, 5) is 36.7. The maximum atomic E-state index is 12.0. The number of hydrogen-bond donors (Lipinski definition) is 1. The summed E-state index contributed by atoms with van der Waals surface area (Å²) in [6, 6.07) is 2.53. The van der Waals surface area contributed by atoms with Crippen LogP contribution in [-0.2, 0) is 9.59 Å². The fraction of sp³-hybridized carbons (Fsp3) is 0.462. The van der Waals surface area contributed by atoms with Gasteiger partial charge in [-0.25, -0.2) is 4.79 Å². The summed E-state index contributed by atoms with van der Waals surface area (Å²) in [7, 11) is 0. The van der Waals surface area contributed by atoms with Crippen molar-refractivity contribution < 1.29 is 19.5 Å². The smallest absolute Gasteiger partial charge is 0.326 e. The lowest BCUT2D eigenvalue weighted by Crippen LogP contribution is -2.40. The largest absolute Gasteiger partial charge is 0.480 e. The van der Waals surface area contributed by atoms with Crippen molar-refractivity contribution in [3.8, 4) is 0 Å². The number of carboxylic acids is 1. The lowest BCUT2D eigenvalue weighted by Gasteiger charge is -2.21. The Morgan fingerprint density at radius 2 is 2.10 bits per heavy atom. The van der Waals surface area contributed by atoms with E-state index in [1.54, 1.807) is 12.1 Å². The first-order chi connectivity index (χ1) is 9.49. The molecule has 1 N–H and O–H groups in total. The zero-order chi connectivity index (χ0) is 14.7. The van der Waals surface area contributed by atoms with E-state index in [4.69, 9.17) is 16.7 Å². The first-order valence-corrected chi connectivity index (χ1v) is 7.49. The zero-order valence-corrected chi connectivity index (χ0v) is 12.2. The van der Waals surface area contributed by atoms with Crippen molar-refractivity contribution in [3.63, 3.8) is 0 Å². The Kier molecular flexibility index (Phi) is 4.77. The van der Waals surface area contributed by atoms with Gasteiger partial charge in [0.05, 0.1) is 9.21 Å². The molecule has 20 heavy (non-hydrogen) atoms. The lowest BCUT2D eigenvalue weighted by molar-refractivity contribution is -0.148. The number of rotatable bonds is 5. The topological polar surface area (TPSA) is 74.7 Å². The number of amides is 1. The molecule has 1 fully saturated rings. The number of aliphatic carboxylic acids is 1. The molecule has 7 heteroatoms. The predicted octanol–water partition coefficient (Wildman–Crippen LogP) is 2.44. The van der Waals surface area contributed by atoms with Gasteiger partial charge in [0.25, 0.3) is 0 Å². The van der Waals surface area contributed by atoms with E-state index in [-0.39, 0.29) is 24.5 Å². The number of carbonyl (C=O) groups excluding carboxylic acids is 2. The molecule has 0 unspecified atom stereocenters. The highest BCUT2D eigenvalue weighted by molar-refractivity contribution is 7.18. The van der Waals surface area contributed by atoms with Crippen LogP contribution < -0.4 is 0 Å². The number of carbonyl (C=O) groups is 3. The molecule has 1 aliphatic heterocycles. The van der Waals surface area contributed by atoms with Gasteiger partial charge >= 0.3 is 5.97 Å². The van der Waals surface area contributed by atoms with E-state index < -0.39 is 12.0 Å². The number of thiophene rings is 1. The molecular weight excluding hydrogens is 302 g/mol. The fourth-order valence-corrected chi connectivity index (χ4v) is 3.28. The van der Waals surface area contributed by atoms with Crippen molar-refractivity contribution in [3.05, 3.63) is 21.3 Å². The molecule has 0 saturated carbocycles. The number of Topliss-reactive ketones (excluding diaryl/α,β-unsaturated/α-hetero) is 1. The molecule has 0 aliphatic carbocycles. The molecule has 1 saturated heterocycles. The molecule has 2 heterocycles. The van der Waals surface area contributed by atoms with E-state index in [1.165, 1.54) is 16.2 Å². The van der Waals surface area contributed by atoms with Crippen molar-refractivity contribution in [2.24, 2.45) is 0 Å².